The fraction of sp³-hybridized carbons (Fsp3) is 0.133. The lowest BCUT2D eigenvalue weighted by Gasteiger charge is -2.19. The molecule has 1 N–H and O–H groups in total. The van der Waals surface area contributed by atoms with Crippen molar-refractivity contribution in [2.75, 3.05) is 33.1 Å². The molecule has 0 saturated heterocycles. The molecule has 5 nitrogen and oxygen atoms in total. The van der Waals surface area contributed by atoms with Crippen molar-refractivity contribution >= 4 is 29.0 Å². The first kappa shape index (κ1) is 23.8. The zero-order valence-corrected chi connectivity index (χ0v) is 20.4. The maximum atomic E-state index is 11.1. The summed E-state index contributed by atoms with van der Waals surface area (Å²) in [5.41, 5.74) is 6.55. The van der Waals surface area contributed by atoms with Gasteiger partial charge in [-0.1, -0.05) is 30.3 Å². The van der Waals surface area contributed by atoms with Crippen LogP contribution in [0.2, 0.25) is 0 Å². The van der Waals surface area contributed by atoms with Crippen LogP contribution in [0, 0.1) is 0 Å². The summed E-state index contributed by atoms with van der Waals surface area (Å²) in [6.45, 7) is 0. The van der Waals surface area contributed by atoms with Crippen molar-refractivity contribution in [3.63, 3.8) is 0 Å². The number of hydrogen-bond acceptors (Lipinski definition) is 3. The molecule has 0 aromatic heterocycles. The number of nitrogens with zero attached hydrogens (tertiary/aromatic N) is 2. The molecular weight excluding hydrogens is 436 g/mol. The molecule has 0 fully saturated rings. The highest BCUT2D eigenvalue weighted by molar-refractivity contribution is 6.02. The van der Waals surface area contributed by atoms with Gasteiger partial charge in [-0.2, -0.15) is 0 Å². The van der Waals surface area contributed by atoms with Crippen LogP contribution in [0.3, 0.4) is 0 Å². The summed E-state index contributed by atoms with van der Waals surface area (Å²) in [7, 11) is 8.09. The third kappa shape index (κ3) is 5.76. The van der Waals surface area contributed by atoms with Gasteiger partial charge in [0.2, 0.25) is 0 Å². The van der Waals surface area contributed by atoms with Gasteiger partial charge < -0.3 is 14.7 Å². The normalized spacial score (nSPS) is 15.1. The molecule has 2 aromatic carbocycles. The fourth-order valence-corrected chi connectivity index (χ4v) is 3.70. The lowest BCUT2D eigenvalue weighted by molar-refractivity contribution is -0.462. The van der Waals surface area contributed by atoms with E-state index in [-0.39, 0.29) is 5.56 Å². The highest BCUT2D eigenvalue weighted by atomic mass is 16.5. The summed E-state index contributed by atoms with van der Waals surface area (Å²) in [5.74, 6) is 0.534. The van der Waals surface area contributed by atoms with Gasteiger partial charge in [-0.15, -0.1) is 0 Å². The highest BCUT2D eigenvalue weighted by Crippen LogP contribution is 2.31. The van der Waals surface area contributed by atoms with E-state index in [4.69, 9.17) is 9.84 Å². The summed E-state index contributed by atoms with van der Waals surface area (Å²) in [5, 5.41) is 9.12. The number of aromatic carboxylic acids is 1. The second-order valence-electron chi connectivity index (χ2n) is 8.76. The molecule has 0 bridgehead atoms. The van der Waals surface area contributed by atoms with Gasteiger partial charge in [-0.25, -0.2) is 9.37 Å². The van der Waals surface area contributed by atoms with Crippen molar-refractivity contribution < 1.29 is 19.2 Å². The van der Waals surface area contributed by atoms with E-state index in [1.165, 1.54) is 0 Å². The Labute approximate surface area is 206 Å². The first-order valence-corrected chi connectivity index (χ1v) is 11.4. The van der Waals surface area contributed by atoms with Gasteiger partial charge in [0.05, 0.1) is 5.56 Å². The van der Waals surface area contributed by atoms with Crippen molar-refractivity contribution in [2.45, 2.75) is 0 Å². The van der Waals surface area contributed by atoms with Crippen molar-refractivity contribution in [3.05, 3.63) is 125 Å². The summed E-state index contributed by atoms with van der Waals surface area (Å²) < 4.78 is 8.33. The molecule has 35 heavy (non-hydrogen) atoms. The van der Waals surface area contributed by atoms with Crippen molar-refractivity contribution in [1.29, 1.82) is 0 Å². The number of anilines is 1. The Bertz CT molecular complexity index is 1330. The Kier molecular flexibility index (Phi) is 6.97. The van der Waals surface area contributed by atoms with E-state index in [9.17, 15) is 4.79 Å². The molecule has 0 unspecified atom stereocenters. The largest absolute Gasteiger partial charge is 0.478 e. The Balaban J connectivity index is 1.69. The van der Waals surface area contributed by atoms with Crippen LogP contribution < -0.4 is 4.90 Å². The van der Waals surface area contributed by atoms with E-state index >= 15 is 0 Å². The average Bonchev–Trinajstić information content (AvgIpc) is 2.87. The smallest absolute Gasteiger partial charge is 0.335 e. The lowest BCUT2D eigenvalue weighted by Crippen LogP contribution is -2.10. The molecule has 0 saturated carbocycles. The fourth-order valence-electron chi connectivity index (χ4n) is 3.70. The average molecular weight is 466 g/mol. The van der Waals surface area contributed by atoms with Gasteiger partial charge in [-0.05, 0) is 71.3 Å². The first-order valence-electron chi connectivity index (χ1n) is 11.4. The second kappa shape index (κ2) is 10.3. The summed E-state index contributed by atoms with van der Waals surface area (Å²) in [4.78, 5) is 13.2. The van der Waals surface area contributed by atoms with E-state index in [0.29, 0.717) is 5.76 Å². The third-order valence-corrected chi connectivity index (χ3v) is 5.80. The number of carbonyl (C=O) groups is 1. The predicted octanol–water partition coefficient (Wildman–Crippen LogP) is 5.55. The minimum Gasteiger partial charge on any atom is -0.478 e. The standard InChI is InChI=1S/C30H28N2O3/c1-31(2)26-14-10-22(11-15-26)25-19-28(18-7-21-5-8-24(9-6-21)30(33)34)35-29(20-25)23-12-16-27(17-13-23)32(3)4/h5-20H,1-4H3/p+1/b18-7+. The van der Waals surface area contributed by atoms with Gasteiger partial charge in [0.25, 0.3) is 0 Å². The van der Waals surface area contributed by atoms with E-state index in [0.717, 1.165) is 39.4 Å². The van der Waals surface area contributed by atoms with Crippen molar-refractivity contribution in [2.24, 2.45) is 0 Å². The minimum atomic E-state index is -0.937. The summed E-state index contributed by atoms with van der Waals surface area (Å²) >= 11 is 0. The number of hydrogen-bond donors (Lipinski definition) is 1. The number of allylic oxidation sites excluding steroid dienone is 9. The van der Waals surface area contributed by atoms with Gasteiger partial charge in [-0.3, -0.25) is 0 Å². The van der Waals surface area contributed by atoms with Crippen LogP contribution in [0.25, 0.3) is 11.6 Å². The van der Waals surface area contributed by atoms with Gasteiger partial charge in [0, 0.05) is 37.5 Å². The molecule has 0 spiro atoms. The minimum absolute atomic E-state index is 0.262. The van der Waals surface area contributed by atoms with E-state index in [1.807, 2.05) is 46.4 Å². The molecule has 2 aliphatic rings. The van der Waals surface area contributed by atoms with Crippen molar-refractivity contribution in [3.8, 4) is 0 Å². The van der Waals surface area contributed by atoms with Crippen LogP contribution >= 0.6 is 0 Å². The Morgan fingerprint density at radius 3 is 2.11 bits per heavy atom. The lowest BCUT2D eigenvalue weighted by atomic mass is 9.99. The van der Waals surface area contributed by atoms with Crippen LogP contribution in [0.4, 0.5) is 5.69 Å². The quantitative estimate of drug-likeness (QED) is 0.588. The molecule has 1 aliphatic carbocycles. The van der Waals surface area contributed by atoms with Gasteiger partial charge in [0.15, 0.2) is 5.71 Å². The Hall–Kier alpha value is -4.38. The zero-order valence-electron chi connectivity index (χ0n) is 20.4. The number of benzene rings is 2. The highest BCUT2D eigenvalue weighted by Gasteiger charge is 2.16. The Morgan fingerprint density at radius 2 is 1.54 bits per heavy atom. The topological polar surface area (TPSA) is 52.8 Å². The summed E-state index contributed by atoms with van der Waals surface area (Å²) in [6, 6.07) is 15.2. The van der Waals surface area contributed by atoms with Crippen LogP contribution in [0.1, 0.15) is 21.5 Å². The first-order chi connectivity index (χ1) is 16.8. The number of carboxylic acids is 1. The monoisotopic (exact) mass is 465 g/mol. The number of rotatable bonds is 5. The van der Waals surface area contributed by atoms with E-state index < -0.39 is 5.97 Å². The molecule has 2 aromatic rings. The van der Waals surface area contributed by atoms with Crippen LogP contribution in [-0.4, -0.2) is 49.6 Å². The molecule has 1 aliphatic heterocycles. The van der Waals surface area contributed by atoms with Crippen molar-refractivity contribution in [1.82, 2.24) is 0 Å². The van der Waals surface area contributed by atoms with Gasteiger partial charge >= 0.3 is 5.97 Å². The van der Waals surface area contributed by atoms with Crippen LogP contribution in [-0.2, 0) is 4.74 Å². The third-order valence-electron chi connectivity index (χ3n) is 5.80. The molecule has 176 valence electrons. The van der Waals surface area contributed by atoms with Gasteiger partial charge in [0.1, 0.15) is 25.6 Å². The molecule has 0 amide bonds. The molecule has 4 rings (SSSR count). The predicted molar refractivity (Wildman–Crippen MR) is 143 cm³/mol. The van der Waals surface area contributed by atoms with E-state index in [2.05, 4.69) is 64.1 Å². The number of carboxylic acid groups (broad SMARTS) is 1. The zero-order chi connectivity index (χ0) is 24.9. The maximum Gasteiger partial charge on any atom is 0.335 e. The van der Waals surface area contributed by atoms with E-state index in [1.54, 1.807) is 24.3 Å². The Morgan fingerprint density at radius 1 is 0.886 bits per heavy atom. The molecule has 0 radical (unpaired) electrons. The molecule has 5 heteroatoms. The maximum absolute atomic E-state index is 11.1. The SMILES string of the molecule is CN(C)c1ccc(C2=CC(=C3C=CC(=[N+](C)C)C=C3)OC(/C=C/c3ccc(C(=O)O)cc3)=C2)cc1. The summed E-state index contributed by atoms with van der Waals surface area (Å²) in [6.07, 6.45) is 16.2. The second-order valence-corrected chi connectivity index (χ2v) is 8.76. The molecule has 0 atom stereocenters. The molecule has 1 heterocycles. The van der Waals surface area contributed by atoms with Crippen LogP contribution in [0.15, 0.2) is 108 Å². The molecular formula is C30H29N2O3+. The van der Waals surface area contributed by atoms with Crippen LogP contribution in [0.5, 0.6) is 0 Å². The number of ether oxygens (including phenoxy) is 1.